The van der Waals surface area contributed by atoms with Gasteiger partial charge >= 0.3 is 12.0 Å². The van der Waals surface area contributed by atoms with Gasteiger partial charge in [0.05, 0.1) is 16.5 Å². The molecule has 0 aliphatic carbocycles. The van der Waals surface area contributed by atoms with Crippen molar-refractivity contribution >= 4 is 33.5 Å². The van der Waals surface area contributed by atoms with E-state index < -0.39 is 40.7 Å². The number of rotatable bonds is 6. The van der Waals surface area contributed by atoms with E-state index in [1.54, 1.807) is 0 Å². The maximum atomic E-state index is 17.0. The molecule has 4 aliphatic rings. The van der Waals surface area contributed by atoms with Crippen molar-refractivity contribution in [2.45, 2.75) is 55.9 Å². The molecule has 13 heteroatoms. The Balaban J connectivity index is 1.35. The first-order valence-corrected chi connectivity index (χ1v) is 15.7. The van der Waals surface area contributed by atoms with Crippen molar-refractivity contribution in [1.29, 1.82) is 0 Å². The number of nitrogens with zero attached hydrogens (tertiary/aromatic N) is 5. The summed E-state index contributed by atoms with van der Waals surface area (Å²) in [6.07, 6.45) is 8.46. The lowest BCUT2D eigenvalue weighted by molar-refractivity contribution is 0.0692. The number of alkyl halides is 1. The van der Waals surface area contributed by atoms with Gasteiger partial charge in [0.15, 0.2) is 11.5 Å². The Bertz CT molecular complexity index is 2010. The molecule has 2 bridgehead atoms. The van der Waals surface area contributed by atoms with Crippen LogP contribution < -0.4 is 15.0 Å². The zero-order valence-electron chi connectivity index (χ0n) is 25.3. The fraction of sp³-hybridized carbons (Fsp3) is 0.412. The quantitative estimate of drug-likeness (QED) is 0.260. The molecule has 2 aromatic carbocycles. The van der Waals surface area contributed by atoms with Crippen molar-refractivity contribution in [1.82, 2.24) is 25.2 Å². The van der Waals surface area contributed by atoms with Crippen molar-refractivity contribution in [3.05, 3.63) is 47.2 Å². The lowest BCUT2D eigenvalue weighted by Gasteiger charge is -2.35. The number of benzene rings is 2. The van der Waals surface area contributed by atoms with E-state index >= 15 is 4.39 Å². The molecular weight excluding hydrogens is 613 g/mol. The van der Waals surface area contributed by atoms with Gasteiger partial charge in [0.2, 0.25) is 0 Å². The minimum atomic E-state index is -1.46. The molecule has 8 rings (SSSR count). The molecule has 47 heavy (non-hydrogen) atoms. The molecule has 4 fully saturated rings. The number of carboxylic acid groups (broad SMARTS) is 1. The van der Waals surface area contributed by atoms with Gasteiger partial charge in [0.1, 0.15) is 41.4 Å². The van der Waals surface area contributed by atoms with Crippen LogP contribution in [-0.4, -0.2) is 92.6 Å². The number of carbonyl (C=O) groups is 1. The number of piperazine rings is 1. The Kier molecular flexibility index (Phi) is 6.93. The molecule has 4 aliphatic heterocycles. The molecular formula is C34H31F3N6O4. The van der Waals surface area contributed by atoms with Crippen LogP contribution in [0.5, 0.6) is 11.8 Å². The Labute approximate surface area is 267 Å². The molecule has 2 unspecified atom stereocenters. The molecule has 10 nitrogen and oxygen atoms in total. The summed E-state index contributed by atoms with van der Waals surface area (Å²) in [5, 5.41) is 24.8. The number of ether oxygens (including phenoxy) is 1. The largest absolute Gasteiger partial charge is 0.508 e. The Morgan fingerprint density at radius 1 is 1.13 bits per heavy atom. The number of aromatic hydroxyl groups is 1. The molecule has 3 N–H and O–H groups in total. The van der Waals surface area contributed by atoms with E-state index in [2.05, 4.69) is 31.1 Å². The number of phenolic OH excluding ortho intramolecular Hbond substituents is 1. The second-order valence-corrected chi connectivity index (χ2v) is 13.0. The molecule has 4 aromatic rings. The number of pyridine rings is 1. The molecule has 0 amide bonds. The zero-order valence-corrected chi connectivity index (χ0v) is 25.3. The lowest BCUT2D eigenvalue weighted by atomic mass is 9.95. The Hall–Kier alpha value is -4.67. The van der Waals surface area contributed by atoms with Gasteiger partial charge in [-0.15, -0.1) is 6.42 Å². The molecule has 0 radical (unpaired) electrons. The van der Waals surface area contributed by atoms with Gasteiger partial charge in [-0.2, -0.15) is 9.97 Å². The van der Waals surface area contributed by atoms with Crippen molar-refractivity contribution in [3.63, 3.8) is 0 Å². The average Bonchev–Trinajstić information content (AvgIpc) is 3.69. The number of hydrogen-bond donors (Lipinski definition) is 3. The monoisotopic (exact) mass is 644 g/mol. The highest BCUT2D eigenvalue weighted by atomic mass is 19.1. The summed E-state index contributed by atoms with van der Waals surface area (Å²) in [5.74, 6) is -1.04. The third kappa shape index (κ3) is 4.81. The highest BCUT2D eigenvalue weighted by Gasteiger charge is 2.49. The number of phenols is 1. The molecule has 4 saturated heterocycles. The van der Waals surface area contributed by atoms with Gasteiger partial charge in [0, 0.05) is 49.1 Å². The van der Waals surface area contributed by atoms with E-state index in [0.29, 0.717) is 31.4 Å². The van der Waals surface area contributed by atoms with Crippen molar-refractivity contribution in [2.75, 3.05) is 37.7 Å². The third-order valence-electron chi connectivity index (χ3n) is 10.1. The van der Waals surface area contributed by atoms with E-state index in [1.807, 2.05) is 4.90 Å². The van der Waals surface area contributed by atoms with E-state index in [1.165, 1.54) is 18.2 Å². The topological polar surface area (TPSA) is 124 Å². The number of fused-ring (bicyclic) bond motifs is 5. The molecule has 0 saturated carbocycles. The van der Waals surface area contributed by atoms with Crippen LogP contribution in [0, 0.1) is 24.0 Å². The van der Waals surface area contributed by atoms with Crippen LogP contribution in [0.1, 0.15) is 48.2 Å². The lowest BCUT2D eigenvalue weighted by Crippen LogP contribution is -2.51. The van der Waals surface area contributed by atoms with E-state index in [9.17, 15) is 23.8 Å². The summed E-state index contributed by atoms with van der Waals surface area (Å²) in [6.45, 7) is 2.14. The molecule has 6 heterocycles. The van der Waals surface area contributed by atoms with Crippen LogP contribution >= 0.6 is 0 Å². The first-order valence-electron chi connectivity index (χ1n) is 15.7. The third-order valence-corrected chi connectivity index (χ3v) is 10.1. The van der Waals surface area contributed by atoms with Crippen LogP contribution in [0.3, 0.4) is 0 Å². The minimum absolute atomic E-state index is 0.0819. The van der Waals surface area contributed by atoms with Gasteiger partial charge in [-0.3, -0.25) is 4.90 Å². The van der Waals surface area contributed by atoms with E-state index in [-0.39, 0.29) is 63.7 Å². The summed E-state index contributed by atoms with van der Waals surface area (Å²) in [7, 11) is 0. The van der Waals surface area contributed by atoms with Crippen molar-refractivity contribution in [2.24, 2.45) is 0 Å². The number of aromatic carboxylic acids is 1. The normalized spacial score (nSPS) is 25.4. The van der Waals surface area contributed by atoms with Crippen LogP contribution in [0.4, 0.5) is 19.0 Å². The maximum Gasteiger partial charge on any atom is 0.355 e. The highest BCUT2D eigenvalue weighted by Crippen LogP contribution is 2.42. The second-order valence-electron chi connectivity index (χ2n) is 13.0. The Morgan fingerprint density at radius 2 is 1.91 bits per heavy atom. The van der Waals surface area contributed by atoms with Gasteiger partial charge in [-0.05, 0) is 55.8 Å². The maximum absolute atomic E-state index is 17.0. The standard InChI is InChI=1S/C34H31F3N6O4/c1-2-22-24(36)7-4-17-10-21(44)11-23(25(17)22)28-27(37)29-26(30(39-28)32(45)46)31(42-14-19-5-6-20(15-42)38-19)41-33(40-29)47-16-34-8-3-9-43(34)13-18(35)12-34/h1,4,7,10-11,18-20,38,44H,3,5-6,8-9,12-16H2,(H,45,46)/t18-,19?,20?,34+/m1/s1. The van der Waals surface area contributed by atoms with E-state index in [4.69, 9.17) is 11.2 Å². The number of anilines is 1. The SMILES string of the molecule is C#Cc1c(F)ccc2cc(O)cc(-c3nc(C(=O)O)c4c(N5CC6CCC(C5)N6)nc(OC[C@@]56CCCN5C[C@H](F)C6)nc4c3F)c12. The van der Waals surface area contributed by atoms with Crippen LogP contribution in [0.2, 0.25) is 0 Å². The number of nitrogens with one attached hydrogen (secondary N) is 1. The summed E-state index contributed by atoms with van der Waals surface area (Å²) in [6, 6.07) is 5.12. The van der Waals surface area contributed by atoms with Crippen LogP contribution in [0.25, 0.3) is 32.9 Å². The predicted octanol–water partition coefficient (Wildman–Crippen LogP) is 4.40. The molecule has 242 valence electrons. The summed E-state index contributed by atoms with van der Waals surface area (Å²) in [4.78, 5) is 30.2. The summed E-state index contributed by atoms with van der Waals surface area (Å²) < 4.78 is 52.5. The number of carboxylic acids is 1. The van der Waals surface area contributed by atoms with Crippen LogP contribution in [0.15, 0.2) is 24.3 Å². The van der Waals surface area contributed by atoms with Crippen molar-refractivity contribution in [3.8, 4) is 35.4 Å². The van der Waals surface area contributed by atoms with Crippen LogP contribution in [-0.2, 0) is 0 Å². The molecule has 0 spiro atoms. The average molecular weight is 645 g/mol. The number of terminal acetylenes is 1. The van der Waals surface area contributed by atoms with Gasteiger partial charge in [-0.1, -0.05) is 12.0 Å². The molecule has 2 aromatic heterocycles. The predicted molar refractivity (Wildman–Crippen MR) is 167 cm³/mol. The van der Waals surface area contributed by atoms with E-state index in [0.717, 1.165) is 38.3 Å². The summed E-state index contributed by atoms with van der Waals surface area (Å²) >= 11 is 0. The zero-order chi connectivity index (χ0) is 32.6. The first-order chi connectivity index (χ1) is 22.6. The van der Waals surface area contributed by atoms with Gasteiger partial charge in [0.25, 0.3) is 0 Å². The van der Waals surface area contributed by atoms with Gasteiger partial charge in [-0.25, -0.2) is 22.9 Å². The Morgan fingerprint density at radius 3 is 2.66 bits per heavy atom. The second kappa shape index (κ2) is 11.0. The summed E-state index contributed by atoms with van der Waals surface area (Å²) in [5.41, 5.74) is -2.18. The van der Waals surface area contributed by atoms with Gasteiger partial charge < -0.3 is 25.2 Å². The number of aromatic nitrogens is 3. The fourth-order valence-electron chi connectivity index (χ4n) is 8.13. The van der Waals surface area contributed by atoms with Crippen molar-refractivity contribution < 1.29 is 32.9 Å². The smallest absolute Gasteiger partial charge is 0.355 e. The fourth-order valence-corrected chi connectivity index (χ4v) is 8.13. The number of hydrogen-bond acceptors (Lipinski definition) is 9. The first kappa shape index (κ1) is 29.7. The molecule has 4 atom stereocenters. The highest BCUT2D eigenvalue weighted by molar-refractivity contribution is 6.09. The minimum Gasteiger partial charge on any atom is -0.508 e. The number of halogens is 3.